The van der Waals surface area contributed by atoms with Gasteiger partial charge in [0.1, 0.15) is 0 Å². The molecule has 26 heavy (non-hydrogen) atoms. The SMILES string of the molecule is O=c1cc(C2CC2)ncn1CC1CCN(Cc2cn3ccsc3n2)CC1. The van der Waals surface area contributed by atoms with Crippen LogP contribution >= 0.6 is 11.3 Å². The zero-order valence-corrected chi connectivity index (χ0v) is 15.6. The van der Waals surface area contributed by atoms with E-state index in [0.29, 0.717) is 11.8 Å². The van der Waals surface area contributed by atoms with Gasteiger partial charge in [-0.2, -0.15) is 0 Å². The van der Waals surface area contributed by atoms with Crippen molar-refractivity contribution in [2.75, 3.05) is 13.1 Å². The Morgan fingerprint density at radius 3 is 2.77 bits per heavy atom. The standard InChI is InChI=1S/C19H23N5OS/c25-18-9-17(15-1-2-15)20-13-24(18)10-14-3-5-22(6-4-14)11-16-12-23-7-8-26-19(23)21-16/h7-9,12-15H,1-6,10-11H2. The maximum absolute atomic E-state index is 12.3. The molecule has 7 heteroatoms. The monoisotopic (exact) mass is 369 g/mol. The largest absolute Gasteiger partial charge is 0.299 e. The van der Waals surface area contributed by atoms with Crippen LogP contribution in [0.25, 0.3) is 4.96 Å². The summed E-state index contributed by atoms with van der Waals surface area (Å²) in [4.78, 5) is 25.0. The fourth-order valence-corrected chi connectivity index (χ4v) is 4.59. The van der Waals surface area contributed by atoms with Gasteiger partial charge < -0.3 is 0 Å². The van der Waals surface area contributed by atoms with Crippen LogP contribution in [-0.4, -0.2) is 36.9 Å². The normalized spacial score (nSPS) is 19.4. The minimum absolute atomic E-state index is 0.113. The molecule has 3 aromatic rings. The van der Waals surface area contributed by atoms with E-state index in [-0.39, 0.29) is 5.56 Å². The van der Waals surface area contributed by atoms with Gasteiger partial charge in [0.2, 0.25) is 0 Å². The Bertz CT molecular complexity index is 933. The van der Waals surface area contributed by atoms with Crippen molar-refractivity contribution in [2.24, 2.45) is 5.92 Å². The van der Waals surface area contributed by atoms with Gasteiger partial charge in [0, 0.05) is 42.8 Å². The third-order valence-electron chi connectivity index (χ3n) is 5.59. The lowest BCUT2D eigenvalue weighted by Gasteiger charge is -2.31. The molecule has 1 saturated carbocycles. The van der Waals surface area contributed by atoms with Crippen LogP contribution in [0.5, 0.6) is 0 Å². The van der Waals surface area contributed by atoms with Gasteiger partial charge >= 0.3 is 0 Å². The Morgan fingerprint density at radius 2 is 2.04 bits per heavy atom. The molecule has 2 fully saturated rings. The molecule has 0 N–H and O–H groups in total. The molecule has 5 rings (SSSR count). The van der Waals surface area contributed by atoms with Crippen molar-refractivity contribution in [1.82, 2.24) is 23.8 Å². The summed E-state index contributed by atoms with van der Waals surface area (Å²) in [6.07, 6.45) is 10.6. The summed E-state index contributed by atoms with van der Waals surface area (Å²) >= 11 is 1.67. The number of nitrogens with zero attached hydrogens (tertiary/aromatic N) is 5. The van der Waals surface area contributed by atoms with Crippen LogP contribution < -0.4 is 5.56 Å². The maximum Gasteiger partial charge on any atom is 0.253 e. The molecule has 6 nitrogen and oxygen atoms in total. The number of aromatic nitrogens is 4. The third kappa shape index (κ3) is 3.33. The summed E-state index contributed by atoms with van der Waals surface area (Å²) < 4.78 is 3.90. The third-order valence-corrected chi connectivity index (χ3v) is 6.36. The summed E-state index contributed by atoms with van der Waals surface area (Å²) in [5, 5.41) is 2.06. The molecule has 4 heterocycles. The molecular weight excluding hydrogens is 346 g/mol. The van der Waals surface area contributed by atoms with Gasteiger partial charge in [0.15, 0.2) is 4.96 Å². The Hall–Kier alpha value is -1.99. The van der Waals surface area contributed by atoms with Crippen molar-refractivity contribution in [1.29, 1.82) is 0 Å². The molecule has 3 aromatic heterocycles. The second kappa shape index (κ2) is 6.63. The van der Waals surface area contributed by atoms with Gasteiger partial charge in [-0.15, -0.1) is 11.3 Å². The average Bonchev–Trinajstić information content (AvgIpc) is 3.29. The van der Waals surface area contributed by atoms with Crippen LogP contribution in [0, 0.1) is 5.92 Å². The number of piperidine rings is 1. The highest BCUT2D eigenvalue weighted by Gasteiger charge is 2.26. The molecule has 1 saturated heterocycles. The van der Waals surface area contributed by atoms with E-state index in [1.54, 1.807) is 28.3 Å². The van der Waals surface area contributed by atoms with Crippen LogP contribution in [0.1, 0.15) is 43.0 Å². The molecular formula is C19H23N5OS. The van der Waals surface area contributed by atoms with E-state index < -0.39 is 0 Å². The quantitative estimate of drug-likeness (QED) is 0.694. The molecule has 1 aliphatic carbocycles. The molecule has 0 amide bonds. The Morgan fingerprint density at radius 1 is 1.19 bits per heavy atom. The summed E-state index contributed by atoms with van der Waals surface area (Å²) in [5.41, 5.74) is 2.25. The van der Waals surface area contributed by atoms with Gasteiger partial charge in [-0.3, -0.25) is 18.7 Å². The van der Waals surface area contributed by atoms with Crippen LogP contribution in [-0.2, 0) is 13.1 Å². The van der Waals surface area contributed by atoms with Gasteiger partial charge in [-0.25, -0.2) is 9.97 Å². The predicted molar refractivity (Wildman–Crippen MR) is 102 cm³/mol. The number of rotatable bonds is 5. The Balaban J connectivity index is 1.16. The first-order chi connectivity index (χ1) is 12.7. The van der Waals surface area contributed by atoms with Crippen molar-refractivity contribution in [3.8, 4) is 0 Å². The minimum atomic E-state index is 0.113. The van der Waals surface area contributed by atoms with Crippen LogP contribution in [0.2, 0.25) is 0 Å². The van der Waals surface area contributed by atoms with Gasteiger partial charge in [0.05, 0.1) is 17.7 Å². The molecule has 0 radical (unpaired) electrons. The van der Waals surface area contributed by atoms with E-state index in [1.165, 1.54) is 12.8 Å². The second-order valence-corrected chi connectivity index (χ2v) is 8.50. The molecule has 2 aliphatic rings. The van der Waals surface area contributed by atoms with E-state index >= 15 is 0 Å². The first kappa shape index (κ1) is 16.2. The zero-order valence-electron chi connectivity index (χ0n) is 14.8. The second-order valence-electron chi connectivity index (χ2n) is 7.62. The highest BCUT2D eigenvalue weighted by atomic mass is 32.1. The summed E-state index contributed by atoms with van der Waals surface area (Å²) in [5.74, 6) is 1.10. The van der Waals surface area contributed by atoms with Gasteiger partial charge in [-0.1, -0.05) is 0 Å². The molecule has 0 atom stereocenters. The first-order valence-electron chi connectivity index (χ1n) is 9.44. The zero-order chi connectivity index (χ0) is 17.5. The molecule has 0 unspecified atom stereocenters. The number of likely N-dealkylation sites (tertiary alicyclic amines) is 1. The van der Waals surface area contributed by atoms with Crippen LogP contribution in [0.4, 0.5) is 0 Å². The average molecular weight is 369 g/mol. The summed E-state index contributed by atoms with van der Waals surface area (Å²) in [6, 6.07) is 1.75. The molecule has 0 bridgehead atoms. The molecule has 136 valence electrons. The fourth-order valence-electron chi connectivity index (χ4n) is 3.87. The number of fused-ring (bicyclic) bond motifs is 1. The number of imidazole rings is 1. The lowest BCUT2D eigenvalue weighted by atomic mass is 9.96. The van der Waals surface area contributed by atoms with Crippen molar-refractivity contribution >= 4 is 16.3 Å². The highest BCUT2D eigenvalue weighted by Crippen LogP contribution is 2.38. The smallest absolute Gasteiger partial charge is 0.253 e. The van der Waals surface area contributed by atoms with E-state index in [2.05, 4.69) is 37.0 Å². The Kier molecular flexibility index (Phi) is 4.13. The summed E-state index contributed by atoms with van der Waals surface area (Å²) in [6.45, 7) is 3.85. The van der Waals surface area contributed by atoms with E-state index in [1.807, 2.05) is 0 Å². The van der Waals surface area contributed by atoms with E-state index in [4.69, 9.17) is 0 Å². The van der Waals surface area contributed by atoms with Gasteiger partial charge in [0.25, 0.3) is 5.56 Å². The number of hydrogen-bond acceptors (Lipinski definition) is 5. The predicted octanol–water partition coefficient (Wildman–Crippen LogP) is 2.74. The topological polar surface area (TPSA) is 55.4 Å². The molecule has 0 aromatic carbocycles. The molecule has 1 aliphatic heterocycles. The lowest BCUT2D eigenvalue weighted by Crippen LogP contribution is -2.36. The first-order valence-corrected chi connectivity index (χ1v) is 10.3. The number of hydrogen-bond donors (Lipinski definition) is 0. The maximum atomic E-state index is 12.3. The van der Waals surface area contributed by atoms with Crippen LogP contribution in [0.15, 0.2) is 35.0 Å². The van der Waals surface area contributed by atoms with Crippen molar-refractivity contribution in [2.45, 2.75) is 44.7 Å². The number of thiazole rings is 1. The van der Waals surface area contributed by atoms with Crippen molar-refractivity contribution < 1.29 is 0 Å². The molecule has 0 spiro atoms. The van der Waals surface area contributed by atoms with Gasteiger partial charge in [-0.05, 0) is 44.7 Å². The van der Waals surface area contributed by atoms with Crippen LogP contribution in [0.3, 0.4) is 0 Å². The lowest BCUT2D eigenvalue weighted by molar-refractivity contribution is 0.165. The minimum Gasteiger partial charge on any atom is -0.299 e. The fraction of sp³-hybridized carbons (Fsp3) is 0.526. The highest BCUT2D eigenvalue weighted by molar-refractivity contribution is 7.15. The summed E-state index contributed by atoms with van der Waals surface area (Å²) in [7, 11) is 0. The van der Waals surface area contributed by atoms with Crippen molar-refractivity contribution in [3.05, 3.63) is 51.9 Å². The van der Waals surface area contributed by atoms with E-state index in [0.717, 1.165) is 55.4 Å². The van der Waals surface area contributed by atoms with E-state index in [9.17, 15) is 4.79 Å². The Labute approximate surface area is 156 Å². The van der Waals surface area contributed by atoms with Crippen molar-refractivity contribution in [3.63, 3.8) is 0 Å².